The average Bonchev–Trinajstić information content (AvgIpc) is 2.70. The standard InChI is InChI=1S/C20H29FN2O6S/c1-2-9-22-20(25)10-15-7-8-17-18(29-15)13-28-12-14(24)11-23(17)30(26,27)19-6-4-3-5-16(19)21/h3-6,14-15,17-18,24H,2,7-13H2,1H3,(H,22,25)/t14-,15+,17-,18+/m1/s1. The third kappa shape index (κ3) is 5.36. The average molecular weight is 445 g/mol. The first kappa shape index (κ1) is 23.1. The molecule has 168 valence electrons. The molecule has 2 saturated heterocycles. The third-order valence-electron chi connectivity index (χ3n) is 5.34. The highest BCUT2D eigenvalue weighted by molar-refractivity contribution is 7.89. The fourth-order valence-corrected chi connectivity index (χ4v) is 5.68. The molecule has 2 fully saturated rings. The highest BCUT2D eigenvalue weighted by Crippen LogP contribution is 2.32. The Morgan fingerprint density at radius 2 is 2.07 bits per heavy atom. The summed E-state index contributed by atoms with van der Waals surface area (Å²) in [6.07, 6.45) is -0.0939. The lowest BCUT2D eigenvalue weighted by Crippen LogP contribution is -2.57. The topological polar surface area (TPSA) is 105 Å². The predicted octanol–water partition coefficient (Wildman–Crippen LogP) is 1.04. The minimum atomic E-state index is -4.20. The number of carbonyl (C=O) groups excluding carboxylic acids is 1. The van der Waals surface area contributed by atoms with Gasteiger partial charge in [-0.2, -0.15) is 4.31 Å². The van der Waals surface area contributed by atoms with E-state index in [1.54, 1.807) is 0 Å². The third-order valence-corrected chi connectivity index (χ3v) is 7.27. The van der Waals surface area contributed by atoms with Gasteiger partial charge in [0.2, 0.25) is 15.9 Å². The van der Waals surface area contributed by atoms with Crippen molar-refractivity contribution in [2.45, 2.75) is 61.9 Å². The molecule has 4 atom stereocenters. The second-order valence-corrected chi connectivity index (χ2v) is 9.55. The van der Waals surface area contributed by atoms with E-state index in [0.717, 1.165) is 16.8 Å². The Hall–Kier alpha value is -1.59. The molecular formula is C20H29FN2O6S. The zero-order chi connectivity index (χ0) is 21.7. The molecule has 0 aromatic heterocycles. The molecule has 2 aliphatic heterocycles. The Balaban J connectivity index is 1.80. The van der Waals surface area contributed by atoms with Gasteiger partial charge in [0.05, 0.1) is 44.0 Å². The highest BCUT2D eigenvalue weighted by atomic mass is 32.2. The van der Waals surface area contributed by atoms with Crippen LogP contribution in [0.25, 0.3) is 0 Å². The number of hydrogen-bond donors (Lipinski definition) is 2. The van der Waals surface area contributed by atoms with Crippen molar-refractivity contribution in [2.24, 2.45) is 0 Å². The number of β-amino-alcohol motifs (C(OH)–C–C–N with tert-alkyl or cyclic N) is 1. The summed E-state index contributed by atoms with van der Waals surface area (Å²) < 4.78 is 53.5. The number of sulfonamides is 1. The fraction of sp³-hybridized carbons (Fsp3) is 0.650. The Labute approximate surface area is 176 Å². The van der Waals surface area contributed by atoms with E-state index in [0.29, 0.717) is 19.4 Å². The Kier molecular flexibility index (Phi) is 7.81. The number of benzene rings is 1. The van der Waals surface area contributed by atoms with Gasteiger partial charge in [0.15, 0.2) is 0 Å². The van der Waals surface area contributed by atoms with Crippen LogP contribution in [0.15, 0.2) is 29.2 Å². The Morgan fingerprint density at radius 3 is 2.80 bits per heavy atom. The quantitative estimate of drug-likeness (QED) is 0.679. The van der Waals surface area contributed by atoms with Gasteiger partial charge >= 0.3 is 0 Å². The van der Waals surface area contributed by atoms with Crippen molar-refractivity contribution >= 4 is 15.9 Å². The van der Waals surface area contributed by atoms with Crippen LogP contribution in [-0.2, 0) is 24.3 Å². The van der Waals surface area contributed by atoms with Crippen LogP contribution in [-0.4, -0.2) is 74.4 Å². The molecule has 10 heteroatoms. The number of carbonyl (C=O) groups is 1. The molecule has 0 bridgehead atoms. The molecule has 2 heterocycles. The number of ether oxygens (including phenoxy) is 2. The van der Waals surface area contributed by atoms with E-state index in [2.05, 4.69) is 5.32 Å². The maximum absolute atomic E-state index is 14.3. The van der Waals surface area contributed by atoms with E-state index < -0.39 is 39.0 Å². The molecule has 0 unspecified atom stereocenters. The maximum atomic E-state index is 14.3. The second kappa shape index (κ2) is 10.1. The number of aliphatic hydroxyl groups excluding tert-OH is 1. The van der Waals surface area contributed by atoms with Crippen LogP contribution in [0.5, 0.6) is 0 Å². The van der Waals surface area contributed by atoms with Gasteiger partial charge in [-0.25, -0.2) is 12.8 Å². The van der Waals surface area contributed by atoms with Gasteiger partial charge in [-0.05, 0) is 31.4 Å². The van der Waals surface area contributed by atoms with Crippen LogP contribution in [0.2, 0.25) is 0 Å². The molecule has 30 heavy (non-hydrogen) atoms. The number of nitrogens with one attached hydrogen (secondary N) is 1. The number of fused-ring (bicyclic) bond motifs is 1. The van der Waals surface area contributed by atoms with Crippen molar-refractivity contribution in [3.63, 3.8) is 0 Å². The number of nitrogens with zero attached hydrogens (tertiary/aromatic N) is 1. The molecule has 2 aliphatic rings. The van der Waals surface area contributed by atoms with Gasteiger partial charge in [-0.3, -0.25) is 4.79 Å². The summed E-state index contributed by atoms with van der Waals surface area (Å²) in [6.45, 7) is 2.36. The molecule has 0 saturated carbocycles. The summed E-state index contributed by atoms with van der Waals surface area (Å²) in [5.41, 5.74) is 0. The van der Waals surface area contributed by atoms with Gasteiger partial charge < -0.3 is 19.9 Å². The largest absolute Gasteiger partial charge is 0.389 e. The van der Waals surface area contributed by atoms with Crippen LogP contribution in [0.1, 0.15) is 32.6 Å². The monoisotopic (exact) mass is 444 g/mol. The normalized spacial score (nSPS) is 28.2. The summed E-state index contributed by atoms with van der Waals surface area (Å²) in [5, 5.41) is 13.0. The molecule has 1 amide bonds. The van der Waals surface area contributed by atoms with Crippen LogP contribution < -0.4 is 5.32 Å². The van der Waals surface area contributed by atoms with Crippen LogP contribution in [0.3, 0.4) is 0 Å². The molecule has 1 aromatic carbocycles. The maximum Gasteiger partial charge on any atom is 0.246 e. The van der Waals surface area contributed by atoms with Gasteiger partial charge in [0.25, 0.3) is 0 Å². The molecular weight excluding hydrogens is 415 g/mol. The molecule has 1 aromatic rings. The van der Waals surface area contributed by atoms with E-state index in [1.165, 1.54) is 18.2 Å². The number of aliphatic hydroxyl groups is 1. The number of hydrogen-bond acceptors (Lipinski definition) is 6. The number of amides is 1. The molecule has 0 aliphatic carbocycles. The highest BCUT2D eigenvalue weighted by Gasteiger charge is 2.43. The van der Waals surface area contributed by atoms with E-state index in [4.69, 9.17) is 9.47 Å². The van der Waals surface area contributed by atoms with Crippen LogP contribution >= 0.6 is 0 Å². The summed E-state index contributed by atoms with van der Waals surface area (Å²) in [5.74, 6) is -0.956. The predicted molar refractivity (Wildman–Crippen MR) is 107 cm³/mol. The molecule has 0 spiro atoms. The van der Waals surface area contributed by atoms with Crippen molar-refractivity contribution < 1.29 is 32.2 Å². The lowest BCUT2D eigenvalue weighted by Gasteiger charge is -2.43. The number of halogens is 1. The lowest BCUT2D eigenvalue weighted by atomic mass is 9.96. The van der Waals surface area contributed by atoms with Crippen molar-refractivity contribution in [3.05, 3.63) is 30.1 Å². The molecule has 2 N–H and O–H groups in total. The fourth-order valence-electron chi connectivity index (χ4n) is 3.89. The summed E-state index contributed by atoms with van der Waals surface area (Å²) in [7, 11) is -4.20. The van der Waals surface area contributed by atoms with Crippen molar-refractivity contribution in [1.29, 1.82) is 0 Å². The van der Waals surface area contributed by atoms with Crippen molar-refractivity contribution in [1.82, 2.24) is 9.62 Å². The molecule has 3 rings (SSSR count). The SMILES string of the molecule is CCCNC(=O)C[C@@H]1CC[C@@H]2[C@H](COC[C@H](O)CN2S(=O)(=O)c2ccccc2F)O1. The first-order valence-electron chi connectivity index (χ1n) is 10.3. The second-order valence-electron chi connectivity index (χ2n) is 7.69. The van der Waals surface area contributed by atoms with Gasteiger partial charge in [-0.1, -0.05) is 19.1 Å². The van der Waals surface area contributed by atoms with Crippen LogP contribution in [0.4, 0.5) is 4.39 Å². The first-order valence-corrected chi connectivity index (χ1v) is 11.7. The van der Waals surface area contributed by atoms with E-state index >= 15 is 0 Å². The zero-order valence-electron chi connectivity index (χ0n) is 17.0. The Bertz CT molecular complexity index is 836. The summed E-state index contributed by atoms with van der Waals surface area (Å²) >= 11 is 0. The van der Waals surface area contributed by atoms with Gasteiger partial charge in [0.1, 0.15) is 10.7 Å². The summed E-state index contributed by atoms with van der Waals surface area (Å²) in [4.78, 5) is 11.6. The zero-order valence-corrected chi connectivity index (χ0v) is 17.8. The van der Waals surface area contributed by atoms with Crippen molar-refractivity contribution in [2.75, 3.05) is 26.3 Å². The summed E-state index contributed by atoms with van der Waals surface area (Å²) in [6, 6.07) is 4.56. The smallest absolute Gasteiger partial charge is 0.246 e. The minimum Gasteiger partial charge on any atom is -0.389 e. The minimum absolute atomic E-state index is 0.0580. The lowest BCUT2D eigenvalue weighted by molar-refractivity contribution is -0.146. The van der Waals surface area contributed by atoms with E-state index in [1.807, 2.05) is 6.92 Å². The molecule has 0 radical (unpaired) electrons. The van der Waals surface area contributed by atoms with E-state index in [9.17, 15) is 22.7 Å². The molecule has 8 nitrogen and oxygen atoms in total. The first-order chi connectivity index (χ1) is 14.3. The van der Waals surface area contributed by atoms with Crippen molar-refractivity contribution in [3.8, 4) is 0 Å². The van der Waals surface area contributed by atoms with Crippen LogP contribution in [0, 0.1) is 5.82 Å². The number of rotatable bonds is 6. The van der Waals surface area contributed by atoms with Gasteiger partial charge in [-0.15, -0.1) is 0 Å². The van der Waals surface area contributed by atoms with E-state index in [-0.39, 0.29) is 38.2 Å². The Morgan fingerprint density at radius 1 is 1.30 bits per heavy atom. The van der Waals surface area contributed by atoms with Gasteiger partial charge in [0, 0.05) is 13.1 Å².